The van der Waals surface area contributed by atoms with E-state index in [4.69, 9.17) is 4.74 Å². The van der Waals surface area contributed by atoms with E-state index in [1.54, 1.807) is 12.1 Å². The molecule has 2 aromatic rings. The number of hydrogen-bond acceptors (Lipinski definition) is 8. The fourth-order valence-corrected chi connectivity index (χ4v) is 6.23. The van der Waals surface area contributed by atoms with Gasteiger partial charge in [0.25, 0.3) is 10.0 Å². The van der Waals surface area contributed by atoms with Crippen molar-refractivity contribution in [3.63, 3.8) is 0 Å². The summed E-state index contributed by atoms with van der Waals surface area (Å²) >= 11 is 1.000. The number of nitrogens with one attached hydrogen (secondary N) is 1. The Bertz CT molecular complexity index is 1080. The Morgan fingerprint density at radius 2 is 2.13 bits per heavy atom. The lowest BCUT2D eigenvalue weighted by molar-refractivity contribution is 0.0831. The highest BCUT2D eigenvalue weighted by Gasteiger charge is 2.35. The van der Waals surface area contributed by atoms with Crippen molar-refractivity contribution in [2.24, 2.45) is 4.99 Å². The Balaban J connectivity index is 1.43. The number of fused-ring (bicyclic) bond motifs is 1. The number of hydrogen-bond donors (Lipinski definition) is 1. The fourth-order valence-electron chi connectivity index (χ4n) is 4.56. The second-order valence-corrected chi connectivity index (χ2v) is 10.1. The summed E-state index contributed by atoms with van der Waals surface area (Å²) in [6.45, 7) is 2.39. The number of aromatic nitrogens is 2. The molecule has 3 aliphatic heterocycles. The zero-order valence-corrected chi connectivity index (χ0v) is 18.0. The third-order valence-corrected chi connectivity index (χ3v) is 7.97. The average Bonchev–Trinajstić information content (AvgIpc) is 3.47. The number of allylic oxidation sites excluding steroid dienone is 1. The minimum atomic E-state index is -3.74. The van der Waals surface area contributed by atoms with Crippen molar-refractivity contribution in [2.45, 2.75) is 42.7 Å². The van der Waals surface area contributed by atoms with Crippen molar-refractivity contribution in [1.29, 1.82) is 0 Å². The number of benzene rings is 1. The molecule has 2 atom stereocenters. The largest absolute Gasteiger partial charge is 0.493 e. The molecule has 1 saturated heterocycles. The lowest BCUT2D eigenvalue weighted by Crippen LogP contribution is -2.44. The predicted octanol–water partition coefficient (Wildman–Crippen LogP) is 3.03. The van der Waals surface area contributed by atoms with Crippen LogP contribution >= 0.6 is 11.5 Å². The van der Waals surface area contributed by atoms with Crippen molar-refractivity contribution in [2.75, 3.05) is 24.4 Å². The summed E-state index contributed by atoms with van der Waals surface area (Å²) in [5.74, 6) is 0.646. The van der Waals surface area contributed by atoms with Crippen LogP contribution in [0, 0.1) is 0 Å². The van der Waals surface area contributed by atoms with Gasteiger partial charge in [-0.05, 0) is 37.1 Å². The summed E-state index contributed by atoms with van der Waals surface area (Å²) in [5.41, 5.74) is 2.44. The number of piperidine rings is 1. The molecule has 1 N–H and O–H groups in total. The van der Waals surface area contributed by atoms with Crippen LogP contribution in [0.5, 0.6) is 5.75 Å². The lowest BCUT2D eigenvalue weighted by Gasteiger charge is -2.44. The number of anilines is 1. The van der Waals surface area contributed by atoms with Crippen molar-refractivity contribution in [1.82, 2.24) is 14.3 Å². The molecule has 0 amide bonds. The minimum Gasteiger partial charge on any atom is -0.493 e. The van der Waals surface area contributed by atoms with E-state index in [0.29, 0.717) is 18.4 Å². The van der Waals surface area contributed by atoms with Crippen LogP contribution in [-0.2, 0) is 10.0 Å². The van der Waals surface area contributed by atoms with Crippen LogP contribution in [0.2, 0.25) is 0 Å². The van der Waals surface area contributed by atoms with Crippen LogP contribution in [0.4, 0.5) is 5.13 Å². The zero-order valence-electron chi connectivity index (χ0n) is 16.4. The van der Waals surface area contributed by atoms with E-state index in [-0.39, 0.29) is 16.1 Å². The maximum atomic E-state index is 12.7. The molecule has 30 heavy (non-hydrogen) atoms. The maximum Gasteiger partial charge on any atom is 0.263 e. The lowest BCUT2D eigenvalue weighted by atomic mass is 9.89. The van der Waals surface area contributed by atoms with E-state index in [1.807, 2.05) is 12.3 Å². The highest BCUT2D eigenvalue weighted by atomic mass is 32.2. The summed E-state index contributed by atoms with van der Waals surface area (Å²) in [6.07, 6.45) is 9.81. The molecule has 0 saturated carbocycles. The first-order chi connectivity index (χ1) is 14.6. The van der Waals surface area contributed by atoms with Crippen molar-refractivity contribution in [3.05, 3.63) is 41.7 Å². The quantitative estimate of drug-likeness (QED) is 0.760. The third kappa shape index (κ3) is 3.75. The summed E-state index contributed by atoms with van der Waals surface area (Å²) < 4.78 is 37.7. The van der Waals surface area contributed by atoms with Crippen LogP contribution in [0.3, 0.4) is 0 Å². The average molecular weight is 446 g/mol. The summed E-state index contributed by atoms with van der Waals surface area (Å²) in [4.78, 5) is 11.0. The van der Waals surface area contributed by atoms with Gasteiger partial charge >= 0.3 is 0 Å². The van der Waals surface area contributed by atoms with E-state index in [1.165, 1.54) is 24.7 Å². The van der Waals surface area contributed by atoms with Gasteiger partial charge in [0.2, 0.25) is 5.13 Å². The number of likely N-dealkylation sites (tertiary alicyclic amines) is 1. The van der Waals surface area contributed by atoms with E-state index in [0.717, 1.165) is 43.0 Å². The standard InChI is InChI=1S/C20H23N5O3S2/c26-30(27,24-20-22-13-23-29-20)15-4-5-16-18(7-10-28-19(16)11-15)25-9-2-1-3-17(25)14-6-8-21-12-14/h4-6,8,11,13,17-18H,1-3,7,9-10,12H2,(H,22,23,24)/t17-,18+/m1/s1. The first-order valence-electron chi connectivity index (χ1n) is 10.1. The molecular weight excluding hydrogens is 422 g/mol. The number of rotatable bonds is 5. The molecule has 1 aromatic carbocycles. The van der Waals surface area contributed by atoms with Crippen molar-refractivity contribution < 1.29 is 13.2 Å². The number of nitrogens with zero attached hydrogens (tertiary/aromatic N) is 4. The molecule has 0 bridgehead atoms. The molecule has 1 aromatic heterocycles. The molecular formula is C20H23N5O3S2. The topological polar surface area (TPSA) is 96.8 Å². The van der Waals surface area contributed by atoms with Gasteiger partial charge < -0.3 is 4.74 Å². The fraction of sp³-hybridized carbons (Fsp3) is 0.450. The smallest absolute Gasteiger partial charge is 0.263 e. The Kier molecular flexibility index (Phi) is 5.30. The Labute approximate surface area is 179 Å². The molecule has 1 fully saturated rings. The van der Waals surface area contributed by atoms with Crippen LogP contribution in [0.15, 0.2) is 46.1 Å². The summed E-state index contributed by atoms with van der Waals surface area (Å²) in [6, 6.07) is 5.79. The normalized spacial score (nSPS) is 24.2. The van der Waals surface area contributed by atoms with E-state index in [9.17, 15) is 8.42 Å². The van der Waals surface area contributed by atoms with Crippen LogP contribution in [-0.4, -0.2) is 54.6 Å². The van der Waals surface area contributed by atoms with E-state index < -0.39 is 10.0 Å². The van der Waals surface area contributed by atoms with Gasteiger partial charge in [0.1, 0.15) is 12.1 Å². The molecule has 8 nitrogen and oxygen atoms in total. The molecule has 0 radical (unpaired) electrons. The number of aliphatic imine (C=N–C) groups is 1. The second kappa shape index (κ2) is 8.09. The first-order valence-corrected chi connectivity index (χ1v) is 12.4. The molecule has 3 aliphatic rings. The Morgan fingerprint density at radius 3 is 2.93 bits per heavy atom. The van der Waals surface area contributed by atoms with Crippen molar-refractivity contribution in [3.8, 4) is 5.75 Å². The summed E-state index contributed by atoms with van der Waals surface area (Å²) in [5, 5.41) is 0.245. The Morgan fingerprint density at radius 1 is 1.20 bits per heavy atom. The zero-order chi connectivity index (χ0) is 20.6. The van der Waals surface area contributed by atoms with E-state index in [2.05, 4.69) is 30.0 Å². The van der Waals surface area contributed by atoms with Gasteiger partial charge in [-0.3, -0.25) is 14.6 Å². The summed E-state index contributed by atoms with van der Waals surface area (Å²) in [7, 11) is -3.74. The highest BCUT2D eigenvalue weighted by Crippen LogP contribution is 2.41. The van der Waals surface area contributed by atoms with Crippen LogP contribution in [0.1, 0.15) is 37.3 Å². The number of sulfonamides is 1. The Hall–Kier alpha value is -2.30. The van der Waals surface area contributed by atoms with Crippen LogP contribution in [0.25, 0.3) is 0 Å². The molecule has 158 valence electrons. The molecule has 0 aliphatic carbocycles. The monoisotopic (exact) mass is 445 g/mol. The van der Waals surface area contributed by atoms with Crippen LogP contribution < -0.4 is 9.46 Å². The first kappa shape index (κ1) is 19.7. The number of ether oxygens (including phenoxy) is 1. The van der Waals surface area contributed by atoms with Gasteiger partial charge in [0.05, 0.1) is 18.0 Å². The molecule has 10 heteroatoms. The van der Waals surface area contributed by atoms with Crippen molar-refractivity contribution >= 4 is 32.9 Å². The molecule has 0 spiro atoms. The maximum absolute atomic E-state index is 12.7. The predicted molar refractivity (Wildman–Crippen MR) is 116 cm³/mol. The van der Waals surface area contributed by atoms with Gasteiger partial charge in [-0.25, -0.2) is 13.4 Å². The van der Waals surface area contributed by atoms with Gasteiger partial charge in [0.15, 0.2) is 0 Å². The molecule has 5 rings (SSSR count). The molecule has 4 heterocycles. The molecule has 0 unspecified atom stereocenters. The van der Waals surface area contributed by atoms with Gasteiger partial charge in [-0.2, -0.15) is 4.37 Å². The third-order valence-electron chi connectivity index (χ3n) is 5.93. The minimum absolute atomic E-state index is 0.166. The van der Waals surface area contributed by atoms with Gasteiger partial charge in [-0.1, -0.05) is 12.5 Å². The SMILES string of the molecule is O=S(=O)(Nc1ncns1)c1ccc2c(c1)OCC[C@@H]2N1CCCC[C@@H]1C1=CC=NC1. The van der Waals surface area contributed by atoms with Gasteiger partial charge in [-0.15, -0.1) is 0 Å². The second-order valence-electron chi connectivity index (χ2n) is 7.69. The van der Waals surface area contributed by atoms with E-state index >= 15 is 0 Å². The highest BCUT2D eigenvalue weighted by molar-refractivity contribution is 7.93. The van der Waals surface area contributed by atoms with Gasteiger partial charge in [0, 0.05) is 47.9 Å².